The minimum absolute atomic E-state index is 0.0800. The van der Waals surface area contributed by atoms with Gasteiger partial charge < -0.3 is 0 Å². The van der Waals surface area contributed by atoms with Gasteiger partial charge in [0.05, 0.1) is 27.5 Å². The molecule has 0 bridgehead atoms. The third kappa shape index (κ3) is 2.50. The van der Waals surface area contributed by atoms with Crippen LogP contribution in [0, 0.1) is 0 Å². The highest BCUT2D eigenvalue weighted by atomic mass is 79.9. The Morgan fingerprint density at radius 3 is 1.55 bits per heavy atom. The van der Waals surface area contributed by atoms with Crippen molar-refractivity contribution < 1.29 is 0 Å². The Morgan fingerprint density at radius 1 is 0.455 bits per heavy atom. The van der Waals surface area contributed by atoms with Gasteiger partial charge in [-0.3, -0.25) is 18.4 Å². The first-order chi connectivity index (χ1) is 21.5. The zero-order chi connectivity index (χ0) is 29.2. The number of rotatable bonds is 0. The number of para-hydroxylation sites is 4. The van der Waals surface area contributed by atoms with Crippen LogP contribution in [0.5, 0.6) is 0 Å². The molecular weight excluding hydrogens is 680 g/mol. The lowest BCUT2D eigenvalue weighted by Crippen LogP contribution is -2.14. The summed E-state index contributed by atoms with van der Waals surface area (Å²) in [4.78, 5) is 38.1. The van der Waals surface area contributed by atoms with Crippen LogP contribution < -0.4 is 11.1 Å². The molecule has 11 rings (SSSR count). The largest absolute Gasteiger partial charge is 0.268 e. The van der Waals surface area contributed by atoms with Crippen LogP contribution in [-0.4, -0.2) is 18.8 Å². The lowest BCUT2D eigenvalue weighted by molar-refractivity contribution is 1.19. The molecule has 0 spiro atoms. The zero-order valence-electron chi connectivity index (χ0n) is 22.4. The third-order valence-corrected chi connectivity index (χ3v) is 10.7. The average molecular weight is 694 g/mol. The van der Waals surface area contributed by atoms with Gasteiger partial charge in [0.15, 0.2) is 0 Å². The van der Waals surface area contributed by atoms with Crippen molar-refractivity contribution in [2.24, 2.45) is 0 Å². The van der Waals surface area contributed by atoms with Gasteiger partial charge in [0.25, 0.3) is 11.1 Å². The molecule has 0 aliphatic heterocycles. The summed E-state index contributed by atoms with van der Waals surface area (Å²) in [6.07, 6.45) is 0. The van der Waals surface area contributed by atoms with Crippen LogP contribution in [0.2, 0.25) is 0 Å². The molecule has 4 aromatic heterocycles. The summed E-state index contributed by atoms with van der Waals surface area (Å²) in [6, 6.07) is 27.8. The van der Waals surface area contributed by atoms with Gasteiger partial charge >= 0.3 is 0 Å². The smallest absolute Gasteiger partial charge is 0.264 e. The molecule has 0 N–H and O–H groups in total. The monoisotopic (exact) mass is 692 g/mol. The molecule has 0 fully saturated rings. The maximum absolute atomic E-state index is 14.2. The summed E-state index contributed by atoms with van der Waals surface area (Å²) < 4.78 is 5.19. The van der Waals surface area contributed by atoms with Crippen LogP contribution in [0.4, 0.5) is 0 Å². The molecule has 204 valence electrons. The maximum Gasteiger partial charge on any atom is 0.264 e. The summed E-state index contributed by atoms with van der Waals surface area (Å²) in [7, 11) is 0. The Hall–Kier alpha value is -4.92. The molecular formula is C36H14Br2N4O2. The number of aromatic nitrogens is 4. The molecule has 8 heteroatoms. The van der Waals surface area contributed by atoms with Crippen molar-refractivity contribution in [2.75, 3.05) is 0 Å². The van der Waals surface area contributed by atoms with Crippen LogP contribution in [-0.2, 0) is 0 Å². The van der Waals surface area contributed by atoms with Gasteiger partial charge in [0.2, 0.25) is 0 Å². The Labute approximate surface area is 262 Å². The van der Waals surface area contributed by atoms with Crippen LogP contribution in [0.15, 0.2) is 103 Å². The second kappa shape index (κ2) is 7.59. The first-order valence-electron chi connectivity index (χ1n) is 14.2. The Balaban J connectivity index is 1.45. The predicted octanol–water partition coefficient (Wildman–Crippen LogP) is 8.77. The van der Waals surface area contributed by atoms with E-state index in [1.54, 1.807) is 8.80 Å². The minimum atomic E-state index is -0.0951. The van der Waals surface area contributed by atoms with E-state index in [0.717, 1.165) is 84.9 Å². The molecule has 0 saturated heterocycles. The van der Waals surface area contributed by atoms with Crippen molar-refractivity contribution in [1.29, 1.82) is 0 Å². The van der Waals surface area contributed by atoms with Crippen molar-refractivity contribution in [3.05, 3.63) is 115 Å². The highest BCUT2D eigenvalue weighted by molar-refractivity contribution is 9.11. The summed E-state index contributed by atoms with van der Waals surface area (Å²) in [5.74, 6) is 0. The van der Waals surface area contributed by atoms with Gasteiger partial charge in [-0.25, -0.2) is 9.97 Å². The molecule has 0 amide bonds. The molecule has 0 atom stereocenters. The first-order valence-corrected chi connectivity index (χ1v) is 15.7. The molecule has 0 saturated carbocycles. The van der Waals surface area contributed by atoms with Gasteiger partial charge in [-0.15, -0.1) is 0 Å². The minimum Gasteiger partial charge on any atom is -0.268 e. The van der Waals surface area contributed by atoms with Crippen LogP contribution in [0.25, 0.3) is 98.0 Å². The summed E-state index contributed by atoms with van der Waals surface area (Å²) in [5, 5.41) is 11.0. The Morgan fingerprint density at radius 2 is 0.909 bits per heavy atom. The third-order valence-electron chi connectivity index (χ3n) is 9.48. The summed E-state index contributed by atoms with van der Waals surface area (Å²) in [6.45, 7) is 0. The predicted molar refractivity (Wildman–Crippen MR) is 185 cm³/mol. The fraction of sp³-hybridized carbons (Fsp3) is 0. The topological polar surface area (TPSA) is 68.7 Å². The molecule has 4 heterocycles. The van der Waals surface area contributed by atoms with Gasteiger partial charge in [-0.1, -0.05) is 68.3 Å². The van der Waals surface area contributed by atoms with Crippen molar-refractivity contribution in [3.8, 4) is 0 Å². The van der Waals surface area contributed by atoms with Crippen molar-refractivity contribution in [2.45, 2.75) is 0 Å². The number of benzene rings is 7. The highest BCUT2D eigenvalue weighted by Gasteiger charge is 2.26. The highest BCUT2D eigenvalue weighted by Crippen LogP contribution is 2.50. The molecule has 0 radical (unpaired) electrons. The molecule has 44 heavy (non-hydrogen) atoms. The molecule has 6 nitrogen and oxygen atoms in total. The lowest BCUT2D eigenvalue weighted by atomic mass is 9.86. The Bertz CT molecular complexity index is 3220. The average Bonchev–Trinajstić information content (AvgIpc) is 3.62. The molecule has 0 aliphatic rings. The van der Waals surface area contributed by atoms with Gasteiger partial charge in [-0.05, 0) is 64.7 Å². The molecule has 0 aliphatic carbocycles. The number of hydrogen-bond donors (Lipinski definition) is 0. The van der Waals surface area contributed by atoms with Crippen LogP contribution in [0.1, 0.15) is 0 Å². The number of nitrogens with zero attached hydrogens (tertiary/aromatic N) is 4. The quantitative estimate of drug-likeness (QED) is 0.118. The van der Waals surface area contributed by atoms with E-state index in [0.29, 0.717) is 22.1 Å². The summed E-state index contributed by atoms with van der Waals surface area (Å²) in [5.41, 5.74) is 4.29. The van der Waals surface area contributed by atoms with E-state index in [4.69, 9.17) is 9.97 Å². The van der Waals surface area contributed by atoms with E-state index in [1.807, 2.05) is 60.7 Å². The van der Waals surface area contributed by atoms with E-state index < -0.39 is 0 Å². The van der Waals surface area contributed by atoms with Crippen molar-refractivity contribution in [1.82, 2.24) is 18.8 Å². The first kappa shape index (κ1) is 23.5. The lowest BCUT2D eigenvalue weighted by Gasteiger charge is -2.20. The van der Waals surface area contributed by atoms with Gasteiger partial charge in [0, 0.05) is 52.0 Å². The van der Waals surface area contributed by atoms with Crippen molar-refractivity contribution in [3.63, 3.8) is 0 Å². The van der Waals surface area contributed by atoms with E-state index in [-0.39, 0.29) is 11.1 Å². The number of halogens is 2. The SMILES string of the molecule is O=c1c2ccc3c4c(Br)cc5c(=O)n6c7ccccc7nc6c6cc(Br)c(c7ccc(c2c37)c2nc3ccccc3n12)c4c56. The van der Waals surface area contributed by atoms with Crippen LogP contribution >= 0.6 is 31.9 Å². The van der Waals surface area contributed by atoms with E-state index >= 15 is 0 Å². The zero-order valence-corrected chi connectivity index (χ0v) is 25.6. The maximum atomic E-state index is 14.2. The standard InChI is InChI=1S/C36H14Br2N4O2/c37-21-13-19-29-20(36(44)42-26-8-4-2-6-24(26)40-34(19)42)14-22(38)31-16-10-12-18-28-17(11-9-15(27(16)28)30(21)32(29)31)33-39-23-5-1-3-7-25(23)41(33)35(18)43/h1-14H. The number of pyridine rings is 2. The molecule has 0 unspecified atom stereocenters. The fourth-order valence-corrected chi connectivity index (χ4v) is 9.07. The van der Waals surface area contributed by atoms with Crippen molar-refractivity contribution >= 4 is 130 Å². The normalized spacial score (nSPS) is 13.0. The second-order valence-electron chi connectivity index (χ2n) is 11.5. The Kier molecular flexibility index (Phi) is 4.06. The van der Waals surface area contributed by atoms with Crippen LogP contribution in [0.3, 0.4) is 0 Å². The molecule has 7 aromatic carbocycles. The van der Waals surface area contributed by atoms with E-state index in [1.165, 1.54) is 0 Å². The van der Waals surface area contributed by atoms with Gasteiger partial charge in [0.1, 0.15) is 11.3 Å². The second-order valence-corrected chi connectivity index (χ2v) is 13.2. The number of fused-ring (bicyclic) bond motifs is 10. The van der Waals surface area contributed by atoms with Gasteiger partial charge in [-0.2, -0.15) is 0 Å². The molecule has 11 aromatic rings. The summed E-state index contributed by atoms with van der Waals surface area (Å²) >= 11 is 7.84. The number of hydrogen-bond acceptors (Lipinski definition) is 4. The van der Waals surface area contributed by atoms with E-state index in [2.05, 4.69) is 56.1 Å². The fourth-order valence-electron chi connectivity index (χ4n) is 7.78. The number of imidazole rings is 2. The van der Waals surface area contributed by atoms with E-state index in [9.17, 15) is 9.59 Å².